The van der Waals surface area contributed by atoms with Crippen molar-refractivity contribution in [3.05, 3.63) is 42.4 Å². The third kappa shape index (κ3) is 1.58. The van der Waals surface area contributed by atoms with Gasteiger partial charge in [-0.2, -0.15) is 0 Å². The monoisotopic (exact) mass is 290 g/mol. The molecule has 1 N–H and O–H groups in total. The molecule has 1 aliphatic heterocycles. The summed E-state index contributed by atoms with van der Waals surface area (Å²) in [7, 11) is 0. The zero-order chi connectivity index (χ0) is 14.7. The van der Waals surface area contributed by atoms with Crippen molar-refractivity contribution < 1.29 is 13.9 Å². The number of fused-ring (bicyclic) bond motifs is 3. The summed E-state index contributed by atoms with van der Waals surface area (Å²) in [6, 6.07) is 7.51. The van der Waals surface area contributed by atoms with Gasteiger partial charge in [0.05, 0.1) is 43.2 Å². The van der Waals surface area contributed by atoms with Gasteiger partial charge in [-0.15, -0.1) is 0 Å². The van der Waals surface area contributed by atoms with Crippen LogP contribution in [0, 0.1) is 5.41 Å². The van der Waals surface area contributed by atoms with Gasteiger partial charge in [-0.3, -0.25) is 8.78 Å². The van der Waals surface area contributed by atoms with Gasteiger partial charge in [0, 0.05) is 11.0 Å². The number of alkyl halides is 2. The second-order valence-corrected chi connectivity index (χ2v) is 6.40. The summed E-state index contributed by atoms with van der Waals surface area (Å²) in [4.78, 5) is 4.15. The Hall–Kier alpha value is -1.75. The SMILES string of the molecule is OC1(C2c3ccccc3-c3cncn32)CC(CF)(CF)C1. The lowest BCUT2D eigenvalue weighted by molar-refractivity contribution is -0.162. The molecule has 1 atom stereocenters. The topological polar surface area (TPSA) is 38.1 Å². The average molecular weight is 290 g/mol. The molecule has 0 saturated heterocycles. The molecular weight excluding hydrogens is 274 g/mol. The quantitative estimate of drug-likeness (QED) is 0.944. The molecule has 0 radical (unpaired) electrons. The number of aromatic nitrogens is 2. The third-order valence-electron chi connectivity index (χ3n) is 4.91. The fraction of sp³-hybridized carbons (Fsp3) is 0.438. The molecule has 21 heavy (non-hydrogen) atoms. The highest BCUT2D eigenvalue weighted by molar-refractivity contribution is 5.69. The summed E-state index contributed by atoms with van der Waals surface area (Å²) in [6.45, 7) is -1.45. The highest BCUT2D eigenvalue weighted by atomic mass is 19.1. The van der Waals surface area contributed by atoms with Crippen molar-refractivity contribution in [1.82, 2.24) is 9.55 Å². The van der Waals surface area contributed by atoms with Crippen molar-refractivity contribution in [3.63, 3.8) is 0 Å². The number of hydrogen-bond donors (Lipinski definition) is 1. The fourth-order valence-electron chi connectivity index (χ4n) is 4.05. The van der Waals surface area contributed by atoms with Crippen molar-refractivity contribution in [2.24, 2.45) is 5.41 Å². The molecule has 2 aromatic rings. The van der Waals surface area contributed by atoms with Crippen LogP contribution in [0.5, 0.6) is 0 Å². The highest BCUT2D eigenvalue weighted by Crippen LogP contribution is 2.58. The second kappa shape index (κ2) is 4.13. The standard InChI is InChI=1S/C16H16F2N2O/c17-8-15(9-18)6-16(21,7-15)14-12-4-2-1-3-11(12)13-5-19-10-20(13)14/h1-5,10,14,21H,6-9H2. The summed E-state index contributed by atoms with van der Waals surface area (Å²) < 4.78 is 28.1. The smallest absolute Gasteiger partial charge is 0.0977 e. The number of rotatable bonds is 3. The number of hydrogen-bond acceptors (Lipinski definition) is 2. The lowest BCUT2D eigenvalue weighted by Crippen LogP contribution is -2.58. The molecule has 4 rings (SSSR count). The molecule has 0 bridgehead atoms. The van der Waals surface area contributed by atoms with E-state index in [0.29, 0.717) is 0 Å². The van der Waals surface area contributed by atoms with Crippen LogP contribution in [0.25, 0.3) is 11.3 Å². The van der Waals surface area contributed by atoms with Gasteiger partial charge in [0.2, 0.25) is 0 Å². The molecule has 1 fully saturated rings. The summed E-state index contributed by atoms with van der Waals surface area (Å²) in [5.74, 6) is 0. The van der Waals surface area contributed by atoms with Crippen molar-refractivity contribution >= 4 is 0 Å². The summed E-state index contributed by atoms with van der Waals surface area (Å²) in [5, 5.41) is 10.9. The molecule has 2 aliphatic rings. The van der Waals surface area contributed by atoms with Gasteiger partial charge in [0.25, 0.3) is 0 Å². The van der Waals surface area contributed by atoms with E-state index < -0.39 is 24.4 Å². The van der Waals surface area contributed by atoms with E-state index in [-0.39, 0.29) is 18.9 Å². The van der Waals surface area contributed by atoms with E-state index in [1.165, 1.54) is 0 Å². The van der Waals surface area contributed by atoms with Gasteiger partial charge in [0.15, 0.2) is 0 Å². The van der Waals surface area contributed by atoms with Gasteiger partial charge in [-0.1, -0.05) is 24.3 Å². The van der Waals surface area contributed by atoms with Crippen LogP contribution >= 0.6 is 0 Å². The molecule has 0 amide bonds. The van der Waals surface area contributed by atoms with E-state index in [1.54, 1.807) is 12.5 Å². The lowest BCUT2D eigenvalue weighted by atomic mass is 9.57. The molecule has 1 saturated carbocycles. The van der Waals surface area contributed by atoms with Gasteiger partial charge >= 0.3 is 0 Å². The fourth-order valence-corrected chi connectivity index (χ4v) is 4.05. The van der Waals surface area contributed by atoms with E-state index in [1.807, 2.05) is 28.8 Å². The van der Waals surface area contributed by atoms with E-state index >= 15 is 0 Å². The predicted octanol–water partition coefficient (Wildman–Crippen LogP) is 2.90. The van der Waals surface area contributed by atoms with Gasteiger partial charge in [-0.25, -0.2) is 4.98 Å². The second-order valence-electron chi connectivity index (χ2n) is 6.40. The van der Waals surface area contributed by atoms with Crippen LogP contribution in [0.3, 0.4) is 0 Å². The minimum atomic E-state index is -1.11. The van der Waals surface area contributed by atoms with Crippen molar-refractivity contribution in [2.45, 2.75) is 24.5 Å². The minimum Gasteiger partial charge on any atom is -0.387 e. The summed E-state index contributed by atoms with van der Waals surface area (Å²) in [6.07, 6.45) is 3.73. The Bertz CT molecular complexity index is 685. The normalized spacial score (nSPS) is 24.2. The molecule has 0 spiro atoms. The predicted molar refractivity (Wildman–Crippen MR) is 74.4 cm³/mol. The Morgan fingerprint density at radius 1 is 1.24 bits per heavy atom. The summed E-state index contributed by atoms with van der Waals surface area (Å²) >= 11 is 0. The molecule has 1 aromatic heterocycles. The lowest BCUT2D eigenvalue weighted by Gasteiger charge is -2.53. The van der Waals surface area contributed by atoms with Crippen LogP contribution in [0.1, 0.15) is 24.4 Å². The van der Waals surface area contributed by atoms with E-state index in [0.717, 1.165) is 16.8 Å². The maximum atomic E-state index is 13.1. The number of halogens is 2. The maximum absolute atomic E-state index is 13.1. The third-order valence-corrected chi connectivity index (χ3v) is 4.91. The van der Waals surface area contributed by atoms with Gasteiger partial charge in [0.1, 0.15) is 0 Å². The number of nitrogens with zero attached hydrogens (tertiary/aromatic N) is 2. The molecule has 1 unspecified atom stereocenters. The summed E-state index contributed by atoms with van der Waals surface area (Å²) in [5.41, 5.74) is 0.866. The van der Waals surface area contributed by atoms with Gasteiger partial charge < -0.3 is 9.67 Å². The van der Waals surface area contributed by atoms with Crippen molar-refractivity contribution in [1.29, 1.82) is 0 Å². The Morgan fingerprint density at radius 2 is 1.95 bits per heavy atom. The van der Waals surface area contributed by atoms with E-state index in [4.69, 9.17) is 0 Å². The molecule has 3 nitrogen and oxygen atoms in total. The van der Waals surface area contributed by atoms with Crippen molar-refractivity contribution in [2.75, 3.05) is 13.3 Å². The molecule has 1 aromatic carbocycles. The molecule has 5 heteroatoms. The van der Waals surface area contributed by atoms with E-state index in [9.17, 15) is 13.9 Å². The Balaban J connectivity index is 1.77. The number of aliphatic hydroxyl groups is 1. The zero-order valence-electron chi connectivity index (χ0n) is 11.5. The average Bonchev–Trinajstić information content (AvgIpc) is 3.04. The first-order valence-corrected chi connectivity index (χ1v) is 7.08. The Labute approximate surface area is 121 Å². The molecule has 2 heterocycles. The van der Waals surface area contributed by atoms with Gasteiger partial charge in [-0.05, 0) is 18.4 Å². The zero-order valence-corrected chi connectivity index (χ0v) is 11.5. The van der Waals surface area contributed by atoms with Crippen LogP contribution in [0.2, 0.25) is 0 Å². The Morgan fingerprint density at radius 3 is 2.67 bits per heavy atom. The van der Waals surface area contributed by atoms with Crippen molar-refractivity contribution in [3.8, 4) is 11.3 Å². The first-order chi connectivity index (χ1) is 10.1. The first-order valence-electron chi connectivity index (χ1n) is 7.08. The van der Waals surface area contributed by atoms with E-state index in [2.05, 4.69) is 4.98 Å². The molecular formula is C16H16F2N2O. The van der Waals surface area contributed by atoms with Crippen LogP contribution < -0.4 is 0 Å². The maximum Gasteiger partial charge on any atom is 0.0977 e. The van der Waals surface area contributed by atoms with Crippen LogP contribution in [-0.2, 0) is 0 Å². The molecule has 1 aliphatic carbocycles. The Kier molecular flexibility index (Phi) is 2.55. The van der Waals surface area contributed by atoms with Crippen LogP contribution in [-0.4, -0.2) is 33.6 Å². The van der Waals surface area contributed by atoms with Crippen LogP contribution in [0.15, 0.2) is 36.8 Å². The molecule has 110 valence electrons. The number of benzene rings is 1. The first kappa shape index (κ1) is 13.0. The van der Waals surface area contributed by atoms with Crippen LogP contribution in [0.4, 0.5) is 8.78 Å². The minimum absolute atomic E-state index is 0.142. The number of imidazole rings is 1. The largest absolute Gasteiger partial charge is 0.387 e. The highest BCUT2D eigenvalue weighted by Gasteiger charge is 2.60.